The summed E-state index contributed by atoms with van der Waals surface area (Å²) in [7, 11) is 1.49. The molecule has 0 aliphatic heterocycles. The first-order chi connectivity index (χ1) is 17.0. The average Bonchev–Trinajstić information content (AvgIpc) is 2.87. The minimum Gasteiger partial charge on any atom is -0.383 e. The van der Waals surface area contributed by atoms with Crippen LogP contribution in [-0.2, 0) is 22.6 Å². The van der Waals surface area contributed by atoms with Gasteiger partial charge in [0.15, 0.2) is 5.69 Å². The molecule has 1 amide bonds. The molecule has 0 saturated heterocycles. The van der Waals surface area contributed by atoms with Crippen LogP contribution < -0.4 is 21.9 Å². The predicted molar refractivity (Wildman–Crippen MR) is 136 cm³/mol. The van der Waals surface area contributed by atoms with Crippen molar-refractivity contribution in [3.05, 3.63) is 105 Å². The van der Waals surface area contributed by atoms with Gasteiger partial charge in [0.25, 0.3) is 11.5 Å². The summed E-state index contributed by atoms with van der Waals surface area (Å²) in [5.41, 5.74) is 7.03. The monoisotopic (exact) mass is 471 g/mol. The molecule has 2 heterocycles. The first-order valence-corrected chi connectivity index (χ1v) is 11.0. The van der Waals surface area contributed by atoms with E-state index in [1.807, 2.05) is 60.7 Å². The molecule has 0 fully saturated rings. The number of hydrogen-bond acceptors (Lipinski definition) is 6. The van der Waals surface area contributed by atoms with E-state index < -0.39 is 17.2 Å². The topological polar surface area (TPSA) is 123 Å². The van der Waals surface area contributed by atoms with Crippen molar-refractivity contribution in [2.45, 2.75) is 13.1 Å². The Hall–Kier alpha value is -4.50. The van der Waals surface area contributed by atoms with Crippen molar-refractivity contribution in [3.8, 4) is 0 Å². The van der Waals surface area contributed by atoms with Crippen LogP contribution in [0.3, 0.4) is 0 Å². The Kier molecular flexibility index (Phi) is 7.18. The number of benzene rings is 2. The van der Waals surface area contributed by atoms with Gasteiger partial charge in [-0.05, 0) is 17.7 Å². The quantitative estimate of drug-likeness (QED) is 0.381. The number of methoxy groups -OCH3 is 1. The largest absolute Gasteiger partial charge is 0.383 e. The zero-order valence-electron chi connectivity index (χ0n) is 19.2. The number of nitrogens with zero attached hydrogens (tertiary/aromatic N) is 3. The van der Waals surface area contributed by atoms with Crippen LogP contribution in [0.2, 0.25) is 0 Å². The number of aromatic amines is 1. The molecular formula is C26H25N5O4. The summed E-state index contributed by atoms with van der Waals surface area (Å²) < 4.78 is 6.23. The molecule has 3 N–H and O–H groups in total. The van der Waals surface area contributed by atoms with Gasteiger partial charge < -0.3 is 10.5 Å². The maximum atomic E-state index is 13.5. The Morgan fingerprint density at radius 3 is 2.66 bits per heavy atom. The molecule has 2 aromatic heterocycles. The van der Waals surface area contributed by atoms with Crippen LogP contribution in [-0.4, -0.2) is 34.2 Å². The number of carbonyl (C=O) groups is 1. The van der Waals surface area contributed by atoms with Crippen molar-refractivity contribution in [3.63, 3.8) is 0 Å². The number of carbonyl (C=O) groups excluding carboxylic acids is 1. The highest BCUT2D eigenvalue weighted by Gasteiger charge is 2.23. The summed E-state index contributed by atoms with van der Waals surface area (Å²) in [6.07, 6.45) is 4.71. The average molecular weight is 472 g/mol. The highest BCUT2D eigenvalue weighted by molar-refractivity contribution is 6.06. The van der Waals surface area contributed by atoms with Crippen LogP contribution in [0.15, 0.2) is 82.5 Å². The highest BCUT2D eigenvalue weighted by atomic mass is 16.5. The van der Waals surface area contributed by atoms with Gasteiger partial charge in [0.05, 0.1) is 25.2 Å². The van der Waals surface area contributed by atoms with Crippen LogP contribution in [0.1, 0.15) is 11.1 Å². The fraction of sp³-hybridized carbons (Fsp3) is 0.154. The number of H-pyrrole nitrogens is 1. The van der Waals surface area contributed by atoms with Gasteiger partial charge in [-0.1, -0.05) is 54.6 Å². The smallest absolute Gasteiger partial charge is 0.330 e. The second-order valence-electron chi connectivity index (χ2n) is 7.80. The van der Waals surface area contributed by atoms with E-state index in [9.17, 15) is 14.4 Å². The molecule has 0 aliphatic carbocycles. The van der Waals surface area contributed by atoms with Crippen LogP contribution >= 0.6 is 0 Å². The molecule has 4 aromatic rings. The lowest BCUT2D eigenvalue weighted by atomic mass is 10.1. The van der Waals surface area contributed by atoms with Gasteiger partial charge in [0.2, 0.25) is 0 Å². The van der Waals surface area contributed by atoms with Gasteiger partial charge in [-0.3, -0.25) is 29.0 Å². The summed E-state index contributed by atoms with van der Waals surface area (Å²) in [4.78, 5) is 46.6. The molecule has 0 spiro atoms. The van der Waals surface area contributed by atoms with Crippen molar-refractivity contribution in [1.29, 1.82) is 0 Å². The Labute approximate surface area is 201 Å². The number of nitrogens with two attached hydrogens (primary N) is 1. The number of nitrogens with one attached hydrogen (secondary N) is 1. The number of ether oxygens (including phenoxy) is 1. The van der Waals surface area contributed by atoms with Gasteiger partial charge in [-0.15, -0.1) is 0 Å². The van der Waals surface area contributed by atoms with Crippen LogP contribution in [0, 0.1) is 0 Å². The van der Waals surface area contributed by atoms with Crippen LogP contribution in [0.4, 0.5) is 11.5 Å². The number of hydrogen-bond donors (Lipinski definition) is 2. The zero-order chi connectivity index (χ0) is 24.8. The number of anilines is 2. The molecule has 9 heteroatoms. The fourth-order valence-corrected chi connectivity index (χ4v) is 3.79. The Morgan fingerprint density at radius 2 is 1.89 bits per heavy atom. The van der Waals surface area contributed by atoms with E-state index in [0.717, 1.165) is 22.0 Å². The molecule has 0 unspecified atom stereocenters. The summed E-state index contributed by atoms with van der Waals surface area (Å²) in [5.74, 6) is -0.587. The number of nitrogen functional groups attached to an aromatic ring is 1. The van der Waals surface area contributed by atoms with E-state index in [2.05, 4.69) is 9.97 Å². The first kappa shape index (κ1) is 23.7. The maximum Gasteiger partial charge on any atom is 0.330 e. The maximum absolute atomic E-state index is 13.5. The highest BCUT2D eigenvalue weighted by Crippen LogP contribution is 2.21. The van der Waals surface area contributed by atoms with Crippen molar-refractivity contribution < 1.29 is 9.53 Å². The molecule has 2 aromatic carbocycles. The third kappa shape index (κ3) is 5.20. The summed E-state index contributed by atoms with van der Waals surface area (Å²) in [6.45, 7) is 0.402. The Balaban J connectivity index is 1.78. The minimum atomic E-state index is -0.745. The fourth-order valence-electron chi connectivity index (χ4n) is 3.79. The lowest BCUT2D eigenvalue weighted by Crippen LogP contribution is -2.40. The van der Waals surface area contributed by atoms with Crippen LogP contribution in [0.25, 0.3) is 17.0 Å². The molecule has 0 radical (unpaired) electrons. The number of rotatable bonds is 8. The summed E-state index contributed by atoms with van der Waals surface area (Å²) >= 11 is 0. The van der Waals surface area contributed by atoms with E-state index >= 15 is 0 Å². The zero-order valence-corrected chi connectivity index (χ0v) is 19.2. The van der Waals surface area contributed by atoms with Crippen molar-refractivity contribution in [2.75, 3.05) is 24.4 Å². The van der Waals surface area contributed by atoms with Crippen molar-refractivity contribution in [1.82, 2.24) is 14.5 Å². The number of fused-ring (bicyclic) bond motifs is 1. The summed E-state index contributed by atoms with van der Waals surface area (Å²) in [6, 6.07) is 18.7. The molecule has 4 rings (SSSR count). The van der Waals surface area contributed by atoms with Gasteiger partial charge in [0.1, 0.15) is 5.82 Å². The lowest BCUT2D eigenvalue weighted by molar-refractivity contribution is -0.114. The molecule has 178 valence electrons. The third-order valence-corrected chi connectivity index (χ3v) is 5.52. The second kappa shape index (κ2) is 10.6. The third-order valence-electron chi connectivity index (χ3n) is 5.52. The van der Waals surface area contributed by atoms with Gasteiger partial charge in [0, 0.05) is 30.3 Å². The number of amides is 1. The SMILES string of the molecule is COCCn1c(N)c(N(Cc2ccccc2)C(=O)/C=C/c2cccc3cccnc23)c(=O)[nH]c1=O. The summed E-state index contributed by atoms with van der Waals surface area (Å²) in [5, 5.41) is 0.939. The first-order valence-electron chi connectivity index (χ1n) is 11.0. The lowest BCUT2D eigenvalue weighted by Gasteiger charge is -2.23. The van der Waals surface area contributed by atoms with E-state index in [1.165, 1.54) is 22.7 Å². The second-order valence-corrected chi connectivity index (χ2v) is 7.80. The van der Waals surface area contributed by atoms with E-state index in [4.69, 9.17) is 10.5 Å². The normalized spacial score (nSPS) is 11.2. The molecule has 0 bridgehead atoms. The Bertz CT molecular complexity index is 1490. The molecule has 9 nitrogen and oxygen atoms in total. The molecule has 35 heavy (non-hydrogen) atoms. The van der Waals surface area contributed by atoms with Gasteiger partial charge in [-0.25, -0.2) is 4.79 Å². The number of aromatic nitrogens is 3. The van der Waals surface area contributed by atoms with E-state index in [0.29, 0.717) is 0 Å². The molecule has 0 atom stereocenters. The van der Waals surface area contributed by atoms with Gasteiger partial charge in [-0.2, -0.15) is 0 Å². The van der Waals surface area contributed by atoms with E-state index in [1.54, 1.807) is 12.3 Å². The molecule has 0 aliphatic rings. The minimum absolute atomic E-state index is 0.0769. The van der Waals surface area contributed by atoms with E-state index in [-0.39, 0.29) is 31.2 Å². The predicted octanol–water partition coefficient (Wildman–Crippen LogP) is 2.56. The van der Waals surface area contributed by atoms with Crippen molar-refractivity contribution in [2.24, 2.45) is 0 Å². The molecular weight excluding hydrogens is 446 g/mol. The number of pyridine rings is 1. The van der Waals surface area contributed by atoms with Crippen molar-refractivity contribution >= 4 is 34.4 Å². The van der Waals surface area contributed by atoms with Crippen LogP contribution in [0.5, 0.6) is 0 Å². The van der Waals surface area contributed by atoms with Gasteiger partial charge >= 0.3 is 5.69 Å². The Morgan fingerprint density at radius 1 is 1.11 bits per heavy atom. The number of para-hydroxylation sites is 1. The standard InChI is InChI=1S/C26H25N5O4/c1-35-16-15-30-24(27)23(25(33)29-26(30)34)31(17-18-7-3-2-4-8-18)21(32)13-12-20-10-5-9-19-11-6-14-28-22(19)20/h2-14H,15-17,27H2,1H3,(H,29,33,34)/b13-12+. The molecule has 0 saturated carbocycles.